The molecule has 106 valence electrons. The Labute approximate surface area is 121 Å². The average Bonchev–Trinajstić information content (AvgIpc) is 2.88. The van der Waals surface area contributed by atoms with Crippen LogP contribution in [0.5, 0.6) is 0 Å². The first kappa shape index (κ1) is 13.6. The Hall–Kier alpha value is -1.37. The number of hydrogen-bond acceptors (Lipinski definition) is 3. The summed E-state index contributed by atoms with van der Waals surface area (Å²) in [6.45, 7) is 9.17. The summed E-state index contributed by atoms with van der Waals surface area (Å²) in [6.07, 6.45) is 2.72. The highest BCUT2D eigenvalue weighted by Gasteiger charge is 2.34. The van der Waals surface area contributed by atoms with E-state index in [4.69, 9.17) is 5.26 Å². The maximum Gasteiger partial charge on any atom is 0.0991 e. The van der Waals surface area contributed by atoms with Gasteiger partial charge in [0.1, 0.15) is 0 Å². The van der Waals surface area contributed by atoms with Crippen LogP contribution in [0.25, 0.3) is 0 Å². The fourth-order valence-electron chi connectivity index (χ4n) is 3.63. The maximum absolute atomic E-state index is 8.95. The van der Waals surface area contributed by atoms with E-state index in [9.17, 15) is 0 Å². The van der Waals surface area contributed by atoms with Crippen LogP contribution in [0.15, 0.2) is 18.2 Å². The van der Waals surface area contributed by atoms with Crippen LogP contribution in [0.2, 0.25) is 0 Å². The van der Waals surface area contributed by atoms with Crippen molar-refractivity contribution in [1.82, 2.24) is 9.80 Å². The molecule has 0 bridgehead atoms. The van der Waals surface area contributed by atoms with E-state index in [0.29, 0.717) is 6.04 Å². The maximum atomic E-state index is 8.95. The quantitative estimate of drug-likeness (QED) is 0.826. The SMILES string of the molecule is Cc1cc(C#N)ccc1CN1CC2CCCN2CC1C. The highest BCUT2D eigenvalue weighted by molar-refractivity contribution is 5.37. The predicted molar refractivity (Wildman–Crippen MR) is 80.4 cm³/mol. The summed E-state index contributed by atoms with van der Waals surface area (Å²) in [5.41, 5.74) is 3.37. The van der Waals surface area contributed by atoms with Crippen LogP contribution in [-0.2, 0) is 6.54 Å². The largest absolute Gasteiger partial charge is 0.298 e. The van der Waals surface area contributed by atoms with Gasteiger partial charge in [-0.1, -0.05) is 6.07 Å². The van der Waals surface area contributed by atoms with Gasteiger partial charge in [0.15, 0.2) is 0 Å². The molecule has 1 aromatic carbocycles. The van der Waals surface area contributed by atoms with Gasteiger partial charge in [-0.25, -0.2) is 0 Å². The predicted octanol–water partition coefficient (Wildman–Crippen LogP) is 2.54. The molecule has 2 aliphatic rings. The van der Waals surface area contributed by atoms with E-state index in [1.165, 1.54) is 43.6 Å². The lowest BCUT2D eigenvalue weighted by atomic mass is 10.0. The smallest absolute Gasteiger partial charge is 0.0991 e. The summed E-state index contributed by atoms with van der Waals surface area (Å²) in [5.74, 6) is 0. The molecular weight excluding hydrogens is 246 g/mol. The summed E-state index contributed by atoms with van der Waals surface area (Å²) >= 11 is 0. The molecule has 2 saturated heterocycles. The van der Waals surface area contributed by atoms with Crippen molar-refractivity contribution in [2.75, 3.05) is 19.6 Å². The van der Waals surface area contributed by atoms with Gasteiger partial charge in [0, 0.05) is 31.7 Å². The van der Waals surface area contributed by atoms with Crippen LogP contribution in [0.1, 0.15) is 36.5 Å². The number of benzene rings is 1. The van der Waals surface area contributed by atoms with Crippen LogP contribution in [0.3, 0.4) is 0 Å². The van der Waals surface area contributed by atoms with E-state index in [-0.39, 0.29) is 0 Å². The number of nitriles is 1. The van der Waals surface area contributed by atoms with Crippen LogP contribution < -0.4 is 0 Å². The minimum absolute atomic E-state index is 0.624. The Morgan fingerprint density at radius 3 is 2.95 bits per heavy atom. The van der Waals surface area contributed by atoms with Gasteiger partial charge < -0.3 is 0 Å². The molecule has 2 fully saturated rings. The third-order valence-electron chi connectivity index (χ3n) is 4.91. The normalized spacial score (nSPS) is 27.2. The standard InChI is InChI=1S/C17H23N3/c1-13-8-15(9-18)5-6-16(13)11-20-12-17-4-3-7-19(17)10-14(20)2/h5-6,8,14,17H,3-4,7,10-12H2,1-2H3. The molecule has 0 aromatic heterocycles. The van der Waals surface area contributed by atoms with Gasteiger partial charge in [-0.2, -0.15) is 5.26 Å². The molecule has 0 N–H and O–H groups in total. The van der Waals surface area contributed by atoms with Gasteiger partial charge in [0.05, 0.1) is 11.6 Å². The molecule has 0 radical (unpaired) electrons. The summed E-state index contributed by atoms with van der Waals surface area (Å²) in [4.78, 5) is 5.27. The van der Waals surface area contributed by atoms with E-state index in [2.05, 4.69) is 35.8 Å². The van der Waals surface area contributed by atoms with Gasteiger partial charge in [0.2, 0.25) is 0 Å². The van der Waals surface area contributed by atoms with Crippen LogP contribution in [0.4, 0.5) is 0 Å². The van der Waals surface area contributed by atoms with E-state index in [1.807, 2.05) is 12.1 Å². The number of aryl methyl sites for hydroxylation is 1. The summed E-state index contributed by atoms with van der Waals surface area (Å²) in [7, 11) is 0. The van der Waals surface area contributed by atoms with Crippen molar-refractivity contribution in [1.29, 1.82) is 5.26 Å². The van der Waals surface area contributed by atoms with E-state index in [0.717, 1.165) is 18.2 Å². The highest BCUT2D eigenvalue weighted by atomic mass is 15.3. The number of piperazine rings is 1. The second-order valence-corrected chi connectivity index (χ2v) is 6.32. The van der Waals surface area contributed by atoms with E-state index < -0.39 is 0 Å². The minimum atomic E-state index is 0.624. The molecule has 0 amide bonds. The van der Waals surface area contributed by atoms with Crippen molar-refractivity contribution in [2.24, 2.45) is 0 Å². The first-order valence-electron chi connectivity index (χ1n) is 7.65. The number of fused-ring (bicyclic) bond motifs is 1. The van der Waals surface area contributed by atoms with Crippen LogP contribution in [0, 0.1) is 18.3 Å². The van der Waals surface area contributed by atoms with Crippen molar-refractivity contribution in [3.8, 4) is 6.07 Å². The molecule has 2 unspecified atom stereocenters. The zero-order valence-electron chi connectivity index (χ0n) is 12.5. The zero-order chi connectivity index (χ0) is 14.1. The molecule has 3 nitrogen and oxygen atoms in total. The summed E-state index contributed by atoms with van der Waals surface area (Å²) < 4.78 is 0. The van der Waals surface area contributed by atoms with Crippen LogP contribution in [-0.4, -0.2) is 41.5 Å². The Bertz CT molecular complexity index is 532. The minimum Gasteiger partial charge on any atom is -0.298 e. The molecule has 0 saturated carbocycles. The second-order valence-electron chi connectivity index (χ2n) is 6.32. The number of nitrogens with zero attached hydrogens (tertiary/aromatic N) is 3. The van der Waals surface area contributed by atoms with Crippen molar-refractivity contribution in [3.63, 3.8) is 0 Å². The lowest BCUT2D eigenvalue weighted by molar-refractivity contribution is 0.0539. The third-order valence-corrected chi connectivity index (χ3v) is 4.91. The Kier molecular flexibility index (Phi) is 3.78. The Balaban J connectivity index is 1.72. The van der Waals surface area contributed by atoms with Gasteiger partial charge in [-0.15, -0.1) is 0 Å². The van der Waals surface area contributed by atoms with Gasteiger partial charge in [-0.3, -0.25) is 9.80 Å². The van der Waals surface area contributed by atoms with Crippen molar-refractivity contribution < 1.29 is 0 Å². The van der Waals surface area contributed by atoms with Gasteiger partial charge >= 0.3 is 0 Å². The van der Waals surface area contributed by atoms with Crippen molar-refractivity contribution in [2.45, 2.75) is 45.3 Å². The number of rotatable bonds is 2. The molecule has 1 aromatic rings. The second kappa shape index (κ2) is 5.55. The average molecular weight is 269 g/mol. The molecule has 2 atom stereocenters. The fraction of sp³-hybridized carbons (Fsp3) is 0.588. The van der Waals surface area contributed by atoms with Gasteiger partial charge in [0.25, 0.3) is 0 Å². The van der Waals surface area contributed by atoms with Crippen molar-refractivity contribution in [3.05, 3.63) is 34.9 Å². The molecule has 3 heteroatoms. The summed E-state index contributed by atoms with van der Waals surface area (Å²) in [6, 6.07) is 9.69. The molecule has 20 heavy (non-hydrogen) atoms. The van der Waals surface area contributed by atoms with E-state index >= 15 is 0 Å². The zero-order valence-corrected chi connectivity index (χ0v) is 12.5. The lowest BCUT2D eigenvalue weighted by Crippen LogP contribution is -2.54. The van der Waals surface area contributed by atoms with Crippen LogP contribution >= 0.6 is 0 Å². The lowest BCUT2D eigenvalue weighted by Gasteiger charge is -2.42. The first-order valence-corrected chi connectivity index (χ1v) is 7.65. The molecular formula is C17H23N3. The number of hydrogen-bond donors (Lipinski definition) is 0. The van der Waals surface area contributed by atoms with Gasteiger partial charge in [-0.05, 0) is 56.5 Å². The third kappa shape index (κ3) is 2.59. The van der Waals surface area contributed by atoms with E-state index in [1.54, 1.807) is 0 Å². The molecule has 2 aliphatic heterocycles. The highest BCUT2D eigenvalue weighted by Crippen LogP contribution is 2.26. The molecule has 0 spiro atoms. The van der Waals surface area contributed by atoms with Crippen molar-refractivity contribution >= 4 is 0 Å². The molecule has 3 rings (SSSR count). The topological polar surface area (TPSA) is 30.3 Å². The molecule has 0 aliphatic carbocycles. The molecule has 2 heterocycles. The first-order chi connectivity index (χ1) is 9.67. The fourth-order valence-corrected chi connectivity index (χ4v) is 3.63. The monoisotopic (exact) mass is 269 g/mol. The Morgan fingerprint density at radius 2 is 2.20 bits per heavy atom. The Morgan fingerprint density at radius 1 is 1.35 bits per heavy atom. The summed E-state index contributed by atoms with van der Waals surface area (Å²) in [5, 5.41) is 8.95.